The van der Waals surface area contributed by atoms with Gasteiger partial charge in [0.1, 0.15) is 5.75 Å². The van der Waals surface area contributed by atoms with Crippen molar-refractivity contribution >= 4 is 44.9 Å². The lowest BCUT2D eigenvalue weighted by Crippen LogP contribution is -2.48. The van der Waals surface area contributed by atoms with E-state index in [0.717, 1.165) is 6.42 Å². The van der Waals surface area contributed by atoms with Gasteiger partial charge in [-0.05, 0) is 87.7 Å². The summed E-state index contributed by atoms with van der Waals surface area (Å²) >= 11 is 5.99. The van der Waals surface area contributed by atoms with Crippen molar-refractivity contribution < 1.29 is 42.1 Å². The van der Waals surface area contributed by atoms with E-state index in [0.29, 0.717) is 53.1 Å². The van der Waals surface area contributed by atoms with Gasteiger partial charge in [-0.3, -0.25) is 4.79 Å². The van der Waals surface area contributed by atoms with Crippen LogP contribution >= 0.6 is 11.6 Å². The van der Waals surface area contributed by atoms with Crippen LogP contribution in [0.2, 0.25) is 5.02 Å². The number of urea groups is 1. The predicted molar refractivity (Wildman–Crippen MR) is 193 cm³/mol. The Morgan fingerprint density at radius 3 is 2.37 bits per heavy atom. The van der Waals surface area contributed by atoms with Crippen LogP contribution < -0.4 is 24.8 Å². The van der Waals surface area contributed by atoms with Crippen molar-refractivity contribution in [1.29, 1.82) is 0 Å². The quantitative estimate of drug-likeness (QED) is 0.258. The van der Waals surface area contributed by atoms with Gasteiger partial charge >= 0.3 is 6.03 Å². The molecule has 2 aliphatic rings. The number of hydrogen-bond donors (Lipinski definition) is 3. The number of likely N-dealkylation sites (N-methyl/N-ethyl adjacent to an activating group) is 1. The molecule has 3 N–H and O–H groups in total. The Morgan fingerprint density at radius 2 is 1.67 bits per heavy atom. The molecule has 0 bridgehead atoms. The number of fused-ring (bicyclic) bond motifs is 2. The lowest BCUT2D eigenvalue weighted by molar-refractivity contribution is -0.00833. The summed E-state index contributed by atoms with van der Waals surface area (Å²) in [5.41, 5.74) is 1.04. The number of aliphatic hydroxyl groups is 1. The predicted octanol–water partition coefficient (Wildman–Crippen LogP) is 5.83. The third-order valence-electron chi connectivity index (χ3n) is 8.90. The fourth-order valence-corrected chi connectivity index (χ4v) is 7.18. The van der Waals surface area contributed by atoms with Crippen LogP contribution in [0.4, 0.5) is 16.2 Å². The monoisotopic (exact) mass is 744 g/mol. The van der Waals surface area contributed by atoms with E-state index < -0.39 is 34.1 Å². The molecule has 276 valence electrons. The average Bonchev–Trinajstić information content (AvgIpc) is 3.57. The van der Waals surface area contributed by atoms with E-state index in [2.05, 4.69) is 10.6 Å². The van der Waals surface area contributed by atoms with E-state index in [-0.39, 0.29) is 49.0 Å². The summed E-state index contributed by atoms with van der Waals surface area (Å²) in [6.07, 6.45) is 1.34. The highest BCUT2D eigenvalue weighted by Gasteiger charge is 2.32. The Morgan fingerprint density at radius 1 is 1.00 bits per heavy atom. The molecular formula is C36H45ClN4O9S. The Bertz CT molecular complexity index is 1790. The van der Waals surface area contributed by atoms with Crippen molar-refractivity contribution in [3.63, 3.8) is 0 Å². The highest BCUT2D eigenvalue weighted by atomic mass is 35.5. The molecule has 2 heterocycles. The molecule has 0 spiro atoms. The molecule has 0 saturated heterocycles. The second-order valence-corrected chi connectivity index (χ2v) is 15.4. The van der Waals surface area contributed by atoms with Crippen LogP contribution in [0.5, 0.6) is 17.2 Å². The summed E-state index contributed by atoms with van der Waals surface area (Å²) in [4.78, 5) is 29.1. The average molecular weight is 745 g/mol. The lowest BCUT2D eigenvalue weighted by atomic mass is 10.0. The maximum absolute atomic E-state index is 14.4. The zero-order valence-electron chi connectivity index (χ0n) is 29.1. The molecule has 0 radical (unpaired) electrons. The molecule has 3 amide bonds. The third-order valence-corrected chi connectivity index (χ3v) is 11.0. The maximum atomic E-state index is 14.4. The van der Waals surface area contributed by atoms with Gasteiger partial charge in [0.05, 0.1) is 35.3 Å². The Hall–Kier alpha value is -4.08. The number of benzene rings is 3. The Balaban J connectivity index is 1.39. The number of carbonyl (C=O) groups is 2. The number of nitrogens with one attached hydrogen (secondary N) is 2. The summed E-state index contributed by atoms with van der Waals surface area (Å²) < 4.78 is 51.5. The van der Waals surface area contributed by atoms with E-state index in [1.807, 2.05) is 13.8 Å². The number of nitrogens with zero attached hydrogens (tertiary/aromatic N) is 2. The summed E-state index contributed by atoms with van der Waals surface area (Å²) in [6, 6.07) is 14.7. The fraction of sp³-hybridized carbons (Fsp3) is 0.444. The SMILES string of the molecule is C[C@@H]1CN([C@H](C)CO)C(=O)c2cc(NC(=O)Nc3ccc4c(c3)OCO4)ccc2O[C@@H](C)CCCCO[C@H]1CN(C)S(=O)(=O)c1ccc(Cl)cc1. The largest absolute Gasteiger partial charge is 0.490 e. The highest BCUT2D eigenvalue weighted by Crippen LogP contribution is 2.34. The van der Waals surface area contributed by atoms with Crippen LogP contribution in [-0.2, 0) is 14.8 Å². The van der Waals surface area contributed by atoms with E-state index in [4.69, 9.17) is 30.5 Å². The molecule has 0 saturated carbocycles. The van der Waals surface area contributed by atoms with Gasteiger partial charge in [0.25, 0.3) is 5.91 Å². The van der Waals surface area contributed by atoms with E-state index >= 15 is 0 Å². The number of carbonyl (C=O) groups excluding carboxylic acids is 2. The molecule has 13 nitrogen and oxygen atoms in total. The minimum absolute atomic E-state index is 0.0321. The van der Waals surface area contributed by atoms with Crippen molar-refractivity contribution in [3.8, 4) is 17.2 Å². The molecule has 5 rings (SSSR count). The zero-order valence-corrected chi connectivity index (χ0v) is 30.7. The number of anilines is 2. The van der Waals surface area contributed by atoms with Gasteiger partial charge in [-0.25, -0.2) is 13.2 Å². The first-order chi connectivity index (χ1) is 24.3. The van der Waals surface area contributed by atoms with Crippen molar-refractivity contribution in [1.82, 2.24) is 9.21 Å². The highest BCUT2D eigenvalue weighted by molar-refractivity contribution is 7.89. The number of halogens is 1. The maximum Gasteiger partial charge on any atom is 0.323 e. The molecule has 4 atom stereocenters. The second kappa shape index (κ2) is 17.0. The topological polar surface area (TPSA) is 156 Å². The number of aliphatic hydroxyl groups excluding tert-OH is 1. The van der Waals surface area contributed by atoms with E-state index in [1.165, 1.54) is 40.5 Å². The van der Waals surface area contributed by atoms with Gasteiger partial charge in [-0.1, -0.05) is 18.5 Å². The van der Waals surface area contributed by atoms with Gasteiger partial charge in [0.2, 0.25) is 16.8 Å². The summed E-state index contributed by atoms with van der Waals surface area (Å²) in [5.74, 6) is 0.666. The third kappa shape index (κ3) is 9.63. The molecule has 0 fully saturated rings. The number of rotatable bonds is 8. The summed E-state index contributed by atoms with van der Waals surface area (Å²) in [7, 11) is -2.37. The molecule has 3 aromatic carbocycles. The lowest BCUT2D eigenvalue weighted by Gasteiger charge is -2.35. The van der Waals surface area contributed by atoms with Crippen LogP contribution in [0.25, 0.3) is 0 Å². The first-order valence-corrected chi connectivity index (χ1v) is 18.7. The smallest absolute Gasteiger partial charge is 0.323 e. The van der Waals surface area contributed by atoms with Crippen LogP contribution in [0.3, 0.4) is 0 Å². The first-order valence-electron chi connectivity index (χ1n) is 16.9. The first kappa shape index (κ1) is 38.2. The van der Waals surface area contributed by atoms with Gasteiger partial charge in [0.15, 0.2) is 11.5 Å². The van der Waals surface area contributed by atoms with Crippen molar-refractivity contribution in [2.24, 2.45) is 5.92 Å². The molecule has 15 heteroatoms. The summed E-state index contributed by atoms with van der Waals surface area (Å²) in [5, 5.41) is 16.2. The van der Waals surface area contributed by atoms with Gasteiger partial charge in [0, 0.05) is 55.1 Å². The van der Waals surface area contributed by atoms with Crippen LogP contribution in [0.15, 0.2) is 65.6 Å². The fourth-order valence-electron chi connectivity index (χ4n) is 5.87. The molecule has 3 aromatic rings. The number of hydrogen-bond acceptors (Lipinski definition) is 9. The Kier molecular flexibility index (Phi) is 12.7. The van der Waals surface area contributed by atoms with Gasteiger partial charge in [-0.2, -0.15) is 4.31 Å². The number of amides is 3. The minimum atomic E-state index is -3.86. The second-order valence-electron chi connectivity index (χ2n) is 12.9. The molecular weight excluding hydrogens is 700 g/mol. The van der Waals surface area contributed by atoms with Crippen molar-refractivity contribution in [2.45, 2.75) is 63.2 Å². The van der Waals surface area contributed by atoms with Crippen LogP contribution in [0.1, 0.15) is 50.4 Å². The van der Waals surface area contributed by atoms with Gasteiger partial charge in [-0.15, -0.1) is 0 Å². The minimum Gasteiger partial charge on any atom is -0.490 e. The Labute approximate surface area is 303 Å². The van der Waals surface area contributed by atoms with Gasteiger partial charge < -0.3 is 39.6 Å². The van der Waals surface area contributed by atoms with Crippen LogP contribution in [-0.4, -0.2) is 93.1 Å². The molecule has 0 unspecified atom stereocenters. The number of sulfonamides is 1. The molecule has 0 aliphatic carbocycles. The normalized spacial score (nSPS) is 20.6. The zero-order chi connectivity index (χ0) is 36.7. The van der Waals surface area contributed by atoms with Crippen molar-refractivity contribution in [3.05, 3.63) is 71.2 Å². The van der Waals surface area contributed by atoms with E-state index in [9.17, 15) is 23.1 Å². The molecule has 2 aliphatic heterocycles. The van der Waals surface area contributed by atoms with Crippen molar-refractivity contribution in [2.75, 3.05) is 50.8 Å². The standard InChI is InChI=1S/C36H45ClN4O9S/c1-23-19-41(24(2)21-42)35(43)30-17-27(38-36(44)39-28-11-15-32-33(18-28)49-22-48-32)10-14-31(30)50-25(3)7-5-6-16-47-34(23)20-40(4)51(45,46)29-12-8-26(37)9-13-29/h8-15,17-18,23-25,34,42H,5-7,16,19-22H2,1-4H3,(H2,38,39,44)/t23-,24-,25+,34+/m1/s1. The number of ether oxygens (including phenoxy) is 4. The van der Waals surface area contributed by atoms with Crippen LogP contribution in [0, 0.1) is 5.92 Å². The van der Waals surface area contributed by atoms with E-state index in [1.54, 1.807) is 43.3 Å². The molecule has 51 heavy (non-hydrogen) atoms. The molecule has 0 aromatic heterocycles. The summed E-state index contributed by atoms with van der Waals surface area (Å²) in [6.45, 7) is 5.88.